The van der Waals surface area contributed by atoms with Crippen molar-refractivity contribution >= 4 is 34.9 Å². The number of piperidine rings is 1. The summed E-state index contributed by atoms with van der Waals surface area (Å²) >= 11 is 0. The van der Waals surface area contributed by atoms with Crippen LogP contribution in [0.15, 0.2) is 36.4 Å². The third kappa shape index (κ3) is 3.02. The quantitative estimate of drug-likeness (QED) is 0.428. The van der Waals surface area contributed by atoms with Crippen LogP contribution in [-0.4, -0.2) is 35.4 Å². The fourth-order valence-electron chi connectivity index (χ4n) is 5.64. The maximum absolute atomic E-state index is 14.1. The Bertz CT molecular complexity index is 1230. The summed E-state index contributed by atoms with van der Waals surface area (Å²) < 4.78 is 0. The minimum Gasteiger partial charge on any atom is -0.367 e. The number of hydrogen-bond donors (Lipinski definition) is 1. The Hall–Kier alpha value is -3.75. The van der Waals surface area contributed by atoms with Crippen molar-refractivity contribution in [3.63, 3.8) is 0 Å². The Labute approximate surface area is 190 Å². The van der Waals surface area contributed by atoms with Gasteiger partial charge in [0, 0.05) is 30.8 Å². The van der Waals surface area contributed by atoms with Gasteiger partial charge in [0.05, 0.1) is 16.7 Å². The smallest absolute Gasteiger partial charge is 0.335 e. The number of nitrogens with zero attached hydrogens (tertiary/aromatic N) is 3. The predicted octanol–water partition coefficient (Wildman–Crippen LogP) is 3.40. The number of carbonyl (C=O) groups is 3. The van der Waals surface area contributed by atoms with Crippen LogP contribution in [-0.2, 0) is 16.0 Å². The number of nitro groups is 1. The van der Waals surface area contributed by atoms with Gasteiger partial charge in [0.2, 0.25) is 5.91 Å². The highest BCUT2D eigenvalue weighted by molar-refractivity contribution is 6.31. The van der Waals surface area contributed by atoms with Crippen LogP contribution in [0.1, 0.15) is 36.0 Å². The normalized spacial score (nSPS) is 24.4. The number of nitro benzene ring substituents is 1. The first-order valence-corrected chi connectivity index (χ1v) is 11.1. The number of hydrogen-bond acceptors (Lipinski definition) is 6. The number of barbiturate groups is 1. The largest absolute Gasteiger partial charge is 0.367 e. The van der Waals surface area contributed by atoms with Gasteiger partial charge >= 0.3 is 6.03 Å². The lowest BCUT2D eigenvalue weighted by Gasteiger charge is -2.53. The summed E-state index contributed by atoms with van der Waals surface area (Å²) in [5, 5.41) is 13.8. The Morgan fingerprint density at radius 2 is 1.82 bits per heavy atom. The van der Waals surface area contributed by atoms with Gasteiger partial charge in [-0.3, -0.25) is 25.0 Å². The van der Waals surface area contributed by atoms with Crippen LogP contribution in [0.25, 0.3) is 0 Å². The molecule has 0 aliphatic carbocycles. The molecule has 9 nitrogen and oxygen atoms in total. The number of carbonyl (C=O) groups excluding carboxylic acids is 3. The van der Waals surface area contributed by atoms with Gasteiger partial charge in [0.1, 0.15) is 0 Å². The third-order valence-electron chi connectivity index (χ3n) is 7.13. The van der Waals surface area contributed by atoms with Crippen LogP contribution < -0.4 is 15.1 Å². The second-order valence-electron chi connectivity index (χ2n) is 9.11. The van der Waals surface area contributed by atoms with Gasteiger partial charge in [-0.15, -0.1) is 0 Å². The van der Waals surface area contributed by atoms with Gasteiger partial charge in [-0.2, -0.15) is 0 Å². The molecule has 2 fully saturated rings. The number of rotatable bonds is 2. The molecule has 2 aromatic rings. The van der Waals surface area contributed by atoms with Gasteiger partial charge in [0.15, 0.2) is 5.41 Å². The molecule has 4 amide bonds. The summed E-state index contributed by atoms with van der Waals surface area (Å²) in [7, 11) is 0. The number of benzene rings is 2. The maximum Gasteiger partial charge on any atom is 0.335 e. The topological polar surface area (TPSA) is 113 Å². The van der Waals surface area contributed by atoms with Crippen molar-refractivity contribution in [2.24, 2.45) is 5.41 Å². The Balaban J connectivity index is 1.68. The van der Waals surface area contributed by atoms with Gasteiger partial charge in [-0.25, -0.2) is 9.69 Å². The van der Waals surface area contributed by atoms with E-state index in [0.29, 0.717) is 24.2 Å². The van der Waals surface area contributed by atoms with E-state index < -0.39 is 34.2 Å². The molecule has 3 heterocycles. The first-order chi connectivity index (χ1) is 15.7. The lowest BCUT2D eigenvalue weighted by Crippen LogP contribution is -2.73. The highest BCUT2D eigenvalue weighted by Crippen LogP contribution is 2.49. The summed E-state index contributed by atoms with van der Waals surface area (Å²) in [5.74, 6) is -1.20. The number of aryl methyl sites for hydroxylation is 2. The van der Waals surface area contributed by atoms with Crippen LogP contribution in [0, 0.1) is 29.4 Å². The fourth-order valence-corrected chi connectivity index (χ4v) is 5.64. The molecule has 0 bridgehead atoms. The first kappa shape index (κ1) is 21.1. The molecule has 0 radical (unpaired) electrons. The van der Waals surface area contributed by atoms with E-state index in [9.17, 15) is 24.5 Å². The molecular weight excluding hydrogens is 424 g/mol. The summed E-state index contributed by atoms with van der Waals surface area (Å²) in [6, 6.07) is 8.81. The molecule has 5 rings (SSSR count). The molecule has 1 N–H and O–H groups in total. The van der Waals surface area contributed by atoms with Gasteiger partial charge in [-0.1, -0.05) is 17.7 Å². The monoisotopic (exact) mass is 448 g/mol. The van der Waals surface area contributed by atoms with Crippen molar-refractivity contribution in [1.29, 1.82) is 0 Å². The lowest BCUT2D eigenvalue weighted by atomic mass is 9.66. The number of nitrogens with one attached hydrogen (secondary N) is 1. The van der Waals surface area contributed by atoms with Crippen molar-refractivity contribution in [3.8, 4) is 0 Å². The van der Waals surface area contributed by atoms with E-state index in [0.717, 1.165) is 34.6 Å². The van der Waals surface area contributed by atoms with E-state index in [-0.39, 0.29) is 12.1 Å². The Morgan fingerprint density at radius 3 is 2.55 bits per heavy atom. The van der Waals surface area contributed by atoms with Gasteiger partial charge < -0.3 is 4.90 Å². The van der Waals surface area contributed by atoms with E-state index in [1.165, 1.54) is 12.1 Å². The molecule has 3 aliphatic rings. The molecule has 2 aromatic carbocycles. The van der Waals surface area contributed by atoms with E-state index in [4.69, 9.17) is 0 Å². The molecule has 3 aliphatic heterocycles. The van der Waals surface area contributed by atoms with Gasteiger partial charge in [0.25, 0.3) is 11.6 Å². The number of amides is 4. The second-order valence-corrected chi connectivity index (χ2v) is 9.11. The summed E-state index contributed by atoms with van der Waals surface area (Å²) in [5.41, 5.74) is 1.91. The number of anilines is 2. The molecule has 170 valence electrons. The third-order valence-corrected chi connectivity index (χ3v) is 7.13. The zero-order valence-electron chi connectivity index (χ0n) is 18.5. The lowest BCUT2D eigenvalue weighted by molar-refractivity contribution is -0.384. The van der Waals surface area contributed by atoms with Crippen molar-refractivity contribution < 1.29 is 19.3 Å². The molecule has 0 aromatic heterocycles. The Morgan fingerprint density at radius 1 is 1.06 bits per heavy atom. The number of fused-ring (bicyclic) bond motifs is 4. The minimum atomic E-state index is -1.55. The molecule has 0 saturated carbocycles. The molecule has 2 atom stereocenters. The Kier molecular flexibility index (Phi) is 4.73. The summed E-state index contributed by atoms with van der Waals surface area (Å²) in [6.45, 7) is 4.37. The average molecular weight is 448 g/mol. The predicted molar refractivity (Wildman–Crippen MR) is 121 cm³/mol. The van der Waals surface area contributed by atoms with Crippen molar-refractivity contribution in [3.05, 3.63) is 63.2 Å². The second kappa shape index (κ2) is 7.40. The maximum atomic E-state index is 14.1. The minimum absolute atomic E-state index is 0.00450. The van der Waals surface area contributed by atoms with Crippen molar-refractivity contribution in [2.75, 3.05) is 16.3 Å². The van der Waals surface area contributed by atoms with Crippen LogP contribution in [0.3, 0.4) is 0 Å². The molecule has 2 saturated heterocycles. The highest BCUT2D eigenvalue weighted by Gasteiger charge is 2.62. The van der Waals surface area contributed by atoms with E-state index in [2.05, 4.69) is 5.32 Å². The standard InChI is InChI=1S/C24H24N4O5/c1-14-6-8-18(15(2)11-14)27-22(30)24(21(29)25-23(27)31)13-16-12-17(28(32)33)7-9-19(16)26-10-4-3-5-20(24)26/h6-9,11-12,20H,3-5,10,13H2,1-2H3,(H,25,29,31)/t20-,24-/m1/s1. The first-order valence-electron chi connectivity index (χ1n) is 11.1. The van der Waals surface area contributed by atoms with E-state index in [1.54, 1.807) is 12.1 Å². The summed E-state index contributed by atoms with van der Waals surface area (Å²) in [6.07, 6.45) is 2.36. The molecular formula is C24H24N4O5. The molecule has 33 heavy (non-hydrogen) atoms. The zero-order valence-corrected chi connectivity index (χ0v) is 18.5. The molecule has 9 heteroatoms. The van der Waals surface area contributed by atoms with Crippen molar-refractivity contribution in [2.45, 2.75) is 45.6 Å². The summed E-state index contributed by atoms with van der Waals surface area (Å²) in [4.78, 5) is 54.5. The number of urea groups is 1. The average Bonchev–Trinajstić information content (AvgIpc) is 2.78. The number of non-ortho nitro benzene ring substituents is 1. The number of imide groups is 2. The van der Waals surface area contributed by atoms with E-state index in [1.807, 2.05) is 30.9 Å². The molecule has 0 unspecified atom stereocenters. The zero-order chi connectivity index (χ0) is 23.5. The molecule has 1 spiro atoms. The van der Waals surface area contributed by atoms with Crippen LogP contribution in [0.5, 0.6) is 0 Å². The van der Waals surface area contributed by atoms with Crippen molar-refractivity contribution in [1.82, 2.24) is 5.32 Å². The van der Waals surface area contributed by atoms with Gasteiger partial charge in [-0.05, 0) is 56.4 Å². The van der Waals surface area contributed by atoms with Crippen LogP contribution >= 0.6 is 0 Å². The van der Waals surface area contributed by atoms with E-state index >= 15 is 0 Å². The highest BCUT2D eigenvalue weighted by atomic mass is 16.6. The van der Waals surface area contributed by atoms with Crippen LogP contribution in [0.2, 0.25) is 0 Å². The SMILES string of the molecule is Cc1ccc(N2C(=O)NC(=O)[C@]3(Cc4cc([N+](=O)[O-])ccc4N4CCCC[C@@H]43)C2=O)c(C)c1. The fraction of sp³-hybridized carbons (Fsp3) is 0.375. The van der Waals surface area contributed by atoms with Crippen LogP contribution in [0.4, 0.5) is 21.9 Å².